The molecular weight excluding hydrogens is 1020 g/mol. The highest BCUT2D eigenvalue weighted by molar-refractivity contribution is 14.1. The van der Waals surface area contributed by atoms with Crippen LogP contribution in [0.3, 0.4) is 0 Å². The van der Waals surface area contributed by atoms with Crippen LogP contribution in [0.4, 0.5) is 0 Å². The minimum Gasteiger partial charge on any atom is -0.478 e. The molecule has 8 aromatic carbocycles. The summed E-state index contributed by atoms with van der Waals surface area (Å²) in [6.45, 7) is 8.12. The Morgan fingerprint density at radius 3 is 1.60 bits per heavy atom. The average molecular weight is 1070 g/mol. The van der Waals surface area contributed by atoms with Crippen LogP contribution in [0.1, 0.15) is 43.0 Å². The summed E-state index contributed by atoms with van der Waals surface area (Å²) in [5.74, 6) is -1.76. The van der Waals surface area contributed by atoms with Gasteiger partial charge in [-0.1, -0.05) is 114 Å². The molecule has 0 spiro atoms. The summed E-state index contributed by atoms with van der Waals surface area (Å²) in [6, 6.07) is 57.6. The van der Waals surface area contributed by atoms with E-state index in [2.05, 4.69) is 31.7 Å². The number of aromatic carboxylic acids is 2. The number of fused-ring (bicyclic) bond motifs is 4. The third-order valence-corrected chi connectivity index (χ3v) is 14.5. The third-order valence-electron chi connectivity index (χ3n) is 9.99. The van der Waals surface area contributed by atoms with Crippen molar-refractivity contribution in [2.24, 2.45) is 0 Å². The van der Waals surface area contributed by atoms with Crippen LogP contribution >= 0.6 is 69.7 Å². The molecule has 0 radical (unpaired) electrons. The molecule has 0 fully saturated rings. The second-order valence-corrected chi connectivity index (χ2v) is 20.1. The summed E-state index contributed by atoms with van der Waals surface area (Å²) in [4.78, 5) is 48.9. The first-order valence-electron chi connectivity index (χ1n) is 20.8. The van der Waals surface area contributed by atoms with Gasteiger partial charge in [0.25, 0.3) is 0 Å². The van der Waals surface area contributed by atoms with Gasteiger partial charge in [-0.2, -0.15) is 0 Å². The monoisotopic (exact) mass is 1070 g/mol. The lowest BCUT2D eigenvalue weighted by Crippen LogP contribution is -2.02. The largest absolute Gasteiger partial charge is 0.478 e. The Balaban J connectivity index is 0.000000142. The lowest BCUT2D eigenvalue weighted by molar-refractivity contribution is 0.0683. The maximum Gasteiger partial charge on any atom is 0.336 e. The molecule has 2 heterocycles. The molecule has 11 heteroatoms. The van der Waals surface area contributed by atoms with Gasteiger partial charge in [0.15, 0.2) is 10.9 Å². The summed E-state index contributed by atoms with van der Waals surface area (Å²) in [6.07, 6.45) is 0. The van der Waals surface area contributed by atoms with E-state index < -0.39 is 11.9 Å². The van der Waals surface area contributed by atoms with Crippen LogP contribution in [0, 0.1) is 31.3 Å². The Hall–Kier alpha value is -6.09. The van der Waals surface area contributed by atoms with Crippen LogP contribution in [0.5, 0.6) is 0 Å². The Kier molecular flexibility index (Phi) is 18.1. The number of rotatable bonds is 4. The van der Waals surface area contributed by atoms with Crippen molar-refractivity contribution in [1.29, 1.82) is 0 Å². The average Bonchev–Trinajstić information content (AvgIpc) is 3.30. The Bertz CT molecular complexity index is 3460. The predicted molar refractivity (Wildman–Crippen MR) is 294 cm³/mol. The molecule has 0 bridgehead atoms. The first kappa shape index (κ1) is 50.3. The van der Waals surface area contributed by atoms with Gasteiger partial charge < -0.3 is 10.2 Å². The Labute approximate surface area is 420 Å². The van der Waals surface area contributed by atoms with Gasteiger partial charge in [0.2, 0.25) is 0 Å². The molecule has 2 N–H and O–H groups in total. The molecule has 0 amide bonds. The summed E-state index contributed by atoms with van der Waals surface area (Å²) >= 11 is 11.0. The van der Waals surface area contributed by atoms with Crippen molar-refractivity contribution in [2.75, 3.05) is 0 Å². The number of carboxylic acid groups (broad SMARTS) is 2. The van der Waals surface area contributed by atoms with Crippen molar-refractivity contribution in [2.45, 2.75) is 42.4 Å². The molecule has 0 saturated carbocycles. The maximum atomic E-state index is 12.3. The van der Waals surface area contributed by atoms with Crippen LogP contribution in [0.25, 0.3) is 40.3 Å². The Morgan fingerprint density at radius 1 is 0.493 bits per heavy atom. The summed E-state index contributed by atoms with van der Waals surface area (Å²) in [5, 5.41) is 21.0. The molecule has 0 aliphatic carbocycles. The third kappa shape index (κ3) is 13.7. The number of carboxylic acids is 2. The molecule has 0 atom stereocenters. The molecule has 0 saturated heterocycles. The first-order valence-corrected chi connectivity index (χ1v) is 24.8. The zero-order chi connectivity index (χ0) is 48.0. The smallest absolute Gasteiger partial charge is 0.336 e. The molecule has 10 aromatic rings. The summed E-state index contributed by atoms with van der Waals surface area (Å²) in [5.41, 5.74) is 5.69. The van der Waals surface area contributed by atoms with E-state index in [4.69, 9.17) is 10.2 Å². The number of hydrogen-bond acceptors (Lipinski definition) is 8. The van der Waals surface area contributed by atoms with Gasteiger partial charge in [0, 0.05) is 58.6 Å². The molecule has 336 valence electrons. The molecule has 0 aliphatic heterocycles. The standard InChI is InChI=1S/C14H12O2S.2C14H10OS.C7H5IO2.C7H8S/c1-10-5-4-6-11(9-10)17-13-8-3-2-7-12(13)14(15)16;1-9-5-4-8-12-13(9)14(15)10-6-2-3-7-11(10)16-12;1-9-6-7-11-13(8-9)16-12-5-3-2-4-10(12)14(11)15;8-6-4-2-1-3-5(6)7(9)10;1-6-3-2-4-7(8)5-6/h2-9H,1H3,(H,15,16);2*2-8H,1H3;1-4H,(H,9,10);2-5,8H,1H3. The van der Waals surface area contributed by atoms with Gasteiger partial charge in [-0.05, 0) is 152 Å². The van der Waals surface area contributed by atoms with E-state index in [1.54, 1.807) is 53.0 Å². The van der Waals surface area contributed by atoms with Gasteiger partial charge >= 0.3 is 11.9 Å². The molecular formula is C56H45IO6S4. The van der Waals surface area contributed by atoms with E-state index in [1.807, 2.05) is 183 Å². The van der Waals surface area contributed by atoms with Crippen molar-refractivity contribution >= 4 is 122 Å². The number of benzene rings is 8. The van der Waals surface area contributed by atoms with Crippen LogP contribution in [-0.2, 0) is 0 Å². The fraction of sp³-hybridized carbons (Fsp3) is 0.0714. The van der Waals surface area contributed by atoms with Gasteiger partial charge in [-0.3, -0.25) is 9.59 Å². The number of aryl methyl sites for hydroxylation is 4. The maximum absolute atomic E-state index is 12.3. The zero-order valence-electron chi connectivity index (χ0n) is 36.9. The van der Waals surface area contributed by atoms with E-state index in [-0.39, 0.29) is 10.9 Å². The van der Waals surface area contributed by atoms with E-state index in [0.717, 1.165) is 64.2 Å². The van der Waals surface area contributed by atoms with Crippen molar-refractivity contribution in [3.8, 4) is 0 Å². The fourth-order valence-corrected chi connectivity index (χ4v) is 11.0. The van der Waals surface area contributed by atoms with Crippen molar-refractivity contribution in [3.05, 3.63) is 239 Å². The van der Waals surface area contributed by atoms with Gasteiger partial charge in [0.1, 0.15) is 0 Å². The van der Waals surface area contributed by atoms with Gasteiger partial charge in [0.05, 0.1) is 11.1 Å². The highest BCUT2D eigenvalue weighted by Crippen LogP contribution is 2.31. The van der Waals surface area contributed by atoms with E-state index in [1.165, 1.54) is 28.5 Å². The Morgan fingerprint density at radius 2 is 1.00 bits per heavy atom. The molecule has 10 rings (SSSR count). The summed E-state index contributed by atoms with van der Waals surface area (Å²) < 4.78 is 5.04. The summed E-state index contributed by atoms with van der Waals surface area (Å²) in [7, 11) is 0. The molecule has 0 unspecified atom stereocenters. The quantitative estimate of drug-likeness (QED) is 0.0915. The van der Waals surface area contributed by atoms with Crippen molar-refractivity contribution in [1.82, 2.24) is 0 Å². The fourth-order valence-electron chi connectivity index (χ4n) is 6.72. The number of halogens is 1. The topological polar surface area (TPSA) is 109 Å². The van der Waals surface area contributed by atoms with Crippen LogP contribution in [0.15, 0.2) is 206 Å². The molecule has 2 aromatic heterocycles. The predicted octanol–water partition coefficient (Wildman–Crippen LogP) is 15.6. The SMILES string of the molecule is Cc1ccc2c(=O)c3ccccc3sc2c1.Cc1cccc(S)c1.Cc1cccc(Sc2ccccc2C(=O)O)c1.Cc1cccc2sc3ccccc3c(=O)c12.O=C(O)c1ccccc1I. The second-order valence-electron chi connectivity index (χ2n) is 15.1. The minimum atomic E-state index is -0.888. The van der Waals surface area contributed by atoms with E-state index in [9.17, 15) is 19.2 Å². The highest BCUT2D eigenvalue weighted by atomic mass is 127. The van der Waals surface area contributed by atoms with Gasteiger partial charge in [-0.15, -0.1) is 35.3 Å². The van der Waals surface area contributed by atoms with E-state index >= 15 is 0 Å². The highest BCUT2D eigenvalue weighted by Gasteiger charge is 2.11. The number of thiol groups is 1. The lowest BCUT2D eigenvalue weighted by atomic mass is 10.1. The number of carbonyl (C=O) groups is 2. The zero-order valence-corrected chi connectivity index (χ0v) is 42.4. The van der Waals surface area contributed by atoms with Crippen molar-refractivity contribution in [3.63, 3.8) is 0 Å². The van der Waals surface area contributed by atoms with Crippen LogP contribution < -0.4 is 10.9 Å². The van der Waals surface area contributed by atoms with Crippen LogP contribution in [-0.4, -0.2) is 22.2 Å². The van der Waals surface area contributed by atoms with Crippen LogP contribution in [0.2, 0.25) is 0 Å². The first-order chi connectivity index (χ1) is 32.2. The second kappa shape index (κ2) is 24.1. The normalized spacial score (nSPS) is 10.4. The van der Waals surface area contributed by atoms with Gasteiger partial charge in [-0.25, -0.2) is 9.59 Å². The number of hydrogen-bond donors (Lipinski definition) is 3. The van der Waals surface area contributed by atoms with Crippen molar-refractivity contribution < 1.29 is 19.8 Å². The van der Waals surface area contributed by atoms with E-state index in [0.29, 0.717) is 11.1 Å². The lowest BCUT2D eigenvalue weighted by Gasteiger charge is -2.05. The molecule has 6 nitrogen and oxygen atoms in total. The molecule has 67 heavy (non-hydrogen) atoms. The molecule has 0 aliphatic rings. The minimum absolute atomic E-state index is 0.143.